The van der Waals surface area contributed by atoms with E-state index in [-0.39, 0.29) is 24.8 Å². The molecule has 8 heteroatoms. The van der Waals surface area contributed by atoms with Crippen molar-refractivity contribution in [2.45, 2.75) is 6.54 Å². The van der Waals surface area contributed by atoms with Crippen molar-refractivity contribution in [3.05, 3.63) is 26.6 Å². The van der Waals surface area contributed by atoms with E-state index < -0.39 is 0 Å². The van der Waals surface area contributed by atoms with Crippen LogP contribution in [0.5, 0.6) is 5.75 Å². The van der Waals surface area contributed by atoms with E-state index in [1.807, 2.05) is 6.07 Å². The lowest BCUT2D eigenvalue weighted by Crippen LogP contribution is -2.40. The predicted molar refractivity (Wildman–Crippen MR) is 102 cm³/mol. The fourth-order valence-corrected chi connectivity index (χ4v) is 3.73. The third kappa shape index (κ3) is 6.91. The van der Waals surface area contributed by atoms with Crippen molar-refractivity contribution in [1.82, 2.24) is 10.2 Å². The Morgan fingerprint density at radius 3 is 2.55 bits per heavy atom. The summed E-state index contributed by atoms with van der Waals surface area (Å²) in [6, 6.07) is 4.08. The van der Waals surface area contributed by atoms with Gasteiger partial charge in [0.2, 0.25) is 0 Å². The second-order valence-electron chi connectivity index (χ2n) is 4.71. The number of methoxy groups -OCH3 is 1. The lowest BCUT2D eigenvalue weighted by atomic mass is 10.2. The Morgan fingerprint density at radius 2 is 1.91 bits per heavy atom. The highest BCUT2D eigenvalue weighted by Gasteiger charge is 2.11. The third-order valence-electron chi connectivity index (χ3n) is 3.31. The highest BCUT2D eigenvalue weighted by Crippen LogP contribution is 2.32. The summed E-state index contributed by atoms with van der Waals surface area (Å²) in [5, 5.41) is 3.47. The molecule has 1 aliphatic heterocycles. The van der Waals surface area contributed by atoms with Gasteiger partial charge in [-0.1, -0.05) is 15.9 Å². The minimum Gasteiger partial charge on any atom is -0.495 e. The first kappa shape index (κ1) is 22.4. The molecule has 0 spiro atoms. The molecule has 0 atom stereocenters. The SMILES string of the molecule is COc1c(Br)cc(Br)cc1CNCCN1CCOCC1.Cl.Cl. The molecule has 0 amide bonds. The van der Waals surface area contributed by atoms with Gasteiger partial charge >= 0.3 is 0 Å². The highest BCUT2D eigenvalue weighted by molar-refractivity contribution is 9.11. The lowest BCUT2D eigenvalue weighted by Gasteiger charge is -2.26. The molecule has 0 aromatic heterocycles. The molecule has 1 heterocycles. The topological polar surface area (TPSA) is 33.7 Å². The van der Waals surface area contributed by atoms with E-state index in [9.17, 15) is 0 Å². The van der Waals surface area contributed by atoms with E-state index in [1.165, 1.54) is 0 Å². The third-order valence-corrected chi connectivity index (χ3v) is 4.36. The van der Waals surface area contributed by atoms with Gasteiger partial charge in [0.25, 0.3) is 0 Å². The second kappa shape index (κ2) is 11.9. The zero-order valence-corrected chi connectivity index (χ0v) is 17.2. The molecular formula is C14H22Br2Cl2N2O2. The van der Waals surface area contributed by atoms with Gasteiger partial charge in [0, 0.05) is 42.8 Å². The van der Waals surface area contributed by atoms with Crippen molar-refractivity contribution in [1.29, 1.82) is 0 Å². The largest absolute Gasteiger partial charge is 0.495 e. The Kier molecular flexibility index (Phi) is 12.1. The molecule has 1 saturated heterocycles. The van der Waals surface area contributed by atoms with Crippen molar-refractivity contribution < 1.29 is 9.47 Å². The zero-order valence-electron chi connectivity index (χ0n) is 12.4. The molecule has 0 aliphatic carbocycles. The molecule has 4 nitrogen and oxygen atoms in total. The van der Waals surface area contributed by atoms with Crippen molar-refractivity contribution in [2.24, 2.45) is 0 Å². The van der Waals surface area contributed by atoms with Gasteiger partial charge in [-0.05, 0) is 28.1 Å². The molecule has 22 heavy (non-hydrogen) atoms. The summed E-state index contributed by atoms with van der Waals surface area (Å²) in [4.78, 5) is 2.42. The van der Waals surface area contributed by atoms with Crippen LogP contribution in [0.25, 0.3) is 0 Å². The summed E-state index contributed by atoms with van der Waals surface area (Å²) in [6.45, 7) is 6.60. The van der Waals surface area contributed by atoms with Gasteiger partial charge < -0.3 is 14.8 Å². The maximum absolute atomic E-state index is 5.44. The maximum atomic E-state index is 5.44. The maximum Gasteiger partial charge on any atom is 0.137 e. The summed E-state index contributed by atoms with van der Waals surface area (Å²) in [5.41, 5.74) is 1.15. The van der Waals surface area contributed by atoms with Gasteiger partial charge in [0.1, 0.15) is 5.75 Å². The number of ether oxygens (including phenoxy) is 2. The molecule has 0 unspecified atom stereocenters. The Balaban J connectivity index is 0.00000220. The van der Waals surface area contributed by atoms with Crippen LogP contribution in [0.2, 0.25) is 0 Å². The number of rotatable bonds is 6. The summed E-state index contributed by atoms with van der Waals surface area (Å²) in [6.07, 6.45) is 0. The van der Waals surface area contributed by atoms with Crippen molar-refractivity contribution >= 4 is 56.7 Å². The molecule has 2 rings (SSSR count). The van der Waals surface area contributed by atoms with Crippen LogP contribution in [0.4, 0.5) is 0 Å². The number of hydrogen-bond donors (Lipinski definition) is 1. The monoisotopic (exact) mass is 478 g/mol. The lowest BCUT2D eigenvalue weighted by molar-refractivity contribution is 0.0384. The van der Waals surface area contributed by atoms with E-state index in [1.54, 1.807) is 7.11 Å². The molecule has 0 saturated carbocycles. The Bertz CT molecular complexity index is 447. The van der Waals surface area contributed by atoms with Gasteiger partial charge in [-0.2, -0.15) is 0 Å². The van der Waals surface area contributed by atoms with Crippen LogP contribution < -0.4 is 10.1 Å². The Morgan fingerprint density at radius 1 is 1.23 bits per heavy atom. The first-order valence-corrected chi connectivity index (χ1v) is 8.32. The van der Waals surface area contributed by atoms with E-state index in [2.05, 4.69) is 48.1 Å². The predicted octanol–water partition coefficient (Wildman–Crippen LogP) is 3.49. The molecular weight excluding hydrogens is 459 g/mol. The smallest absolute Gasteiger partial charge is 0.137 e. The first-order chi connectivity index (χ1) is 9.70. The van der Waals surface area contributed by atoms with Gasteiger partial charge in [-0.15, -0.1) is 24.8 Å². The fourth-order valence-electron chi connectivity index (χ4n) is 2.26. The number of morpholine rings is 1. The average Bonchev–Trinajstić information content (AvgIpc) is 2.44. The van der Waals surface area contributed by atoms with Crippen LogP contribution in [0.15, 0.2) is 21.1 Å². The number of halogens is 4. The van der Waals surface area contributed by atoms with Crippen molar-refractivity contribution in [3.63, 3.8) is 0 Å². The summed E-state index contributed by atoms with van der Waals surface area (Å²) < 4.78 is 12.8. The van der Waals surface area contributed by atoms with Crippen LogP contribution >= 0.6 is 56.7 Å². The molecule has 0 bridgehead atoms. The second-order valence-corrected chi connectivity index (χ2v) is 6.48. The van der Waals surface area contributed by atoms with E-state index >= 15 is 0 Å². The van der Waals surface area contributed by atoms with Gasteiger partial charge in [-0.3, -0.25) is 4.90 Å². The van der Waals surface area contributed by atoms with Crippen LogP contribution in [0.1, 0.15) is 5.56 Å². The summed E-state index contributed by atoms with van der Waals surface area (Å²) in [5.74, 6) is 0.895. The first-order valence-electron chi connectivity index (χ1n) is 6.73. The summed E-state index contributed by atoms with van der Waals surface area (Å²) in [7, 11) is 1.70. The van der Waals surface area contributed by atoms with Crippen LogP contribution in [0.3, 0.4) is 0 Å². The molecule has 1 aromatic rings. The number of nitrogens with zero attached hydrogens (tertiary/aromatic N) is 1. The quantitative estimate of drug-likeness (QED) is 0.632. The average molecular weight is 481 g/mol. The molecule has 1 N–H and O–H groups in total. The number of benzene rings is 1. The number of nitrogens with one attached hydrogen (secondary N) is 1. The van der Waals surface area contributed by atoms with E-state index in [4.69, 9.17) is 9.47 Å². The van der Waals surface area contributed by atoms with E-state index in [0.29, 0.717) is 0 Å². The Hall–Kier alpha value is 0.440. The van der Waals surface area contributed by atoms with Crippen LogP contribution in [-0.2, 0) is 11.3 Å². The Labute approximate surface area is 161 Å². The minimum absolute atomic E-state index is 0. The molecule has 1 fully saturated rings. The summed E-state index contributed by atoms with van der Waals surface area (Å²) >= 11 is 7.04. The van der Waals surface area contributed by atoms with Crippen molar-refractivity contribution in [2.75, 3.05) is 46.5 Å². The fraction of sp³-hybridized carbons (Fsp3) is 0.571. The van der Waals surface area contributed by atoms with Gasteiger partial charge in [-0.25, -0.2) is 0 Å². The molecule has 0 radical (unpaired) electrons. The van der Waals surface area contributed by atoms with Gasteiger partial charge in [0.05, 0.1) is 24.8 Å². The zero-order chi connectivity index (χ0) is 14.4. The van der Waals surface area contributed by atoms with Crippen LogP contribution in [-0.4, -0.2) is 51.4 Å². The van der Waals surface area contributed by atoms with E-state index in [0.717, 1.165) is 66.2 Å². The number of hydrogen-bond acceptors (Lipinski definition) is 4. The molecule has 1 aromatic carbocycles. The van der Waals surface area contributed by atoms with Gasteiger partial charge in [0.15, 0.2) is 0 Å². The highest BCUT2D eigenvalue weighted by atomic mass is 79.9. The normalized spacial score (nSPS) is 14.9. The standard InChI is InChI=1S/C14H20Br2N2O2.2ClH/c1-19-14-11(8-12(15)9-13(14)16)10-17-2-3-18-4-6-20-7-5-18;;/h8-9,17H,2-7,10H2,1H3;2*1H. The van der Waals surface area contributed by atoms with Crippen molar-refractivity contribution in [3.8, 4) is 5.75 Å². The van der Waals surface area contributed by atoms with Crippen LogP contribution in [0, 0.1) is 0 Å². The molecule has 128 valence electrons. The molecule has 1 aliphatic rings. The minimum atomic E-state index is 0.